The molecule has 0 aromatic rings. The van der Waals surface area contributed by atoms with Gasteiger partial charge in [-0.05, 0) is 65.0 Å². The van der Waals surface area contributed by atoms with E-state index in [0.717, 1.165) is 0 Å². The molecular weight excluding hydrogens is 590 g/mol. The van der Waals surface area contributed by atoms with E-state index in [-0.39, 0.29) is 0 Å². The Kier molecular flexibility index (Phi) is 10.6. The van der Waals surface area contributed by atoms with Crippen LogP contribution < -0.4 is 0 Å². The fourth-order valence-electron chi connectivity index (χ4n) is 2.54. The third-order valence-corrected chi connectivity index (χ3v) is 15.3. The average molecular weight is 621 g/mol. The molecule has 0 bridgehead atoms. The maximum absolute atomic E-state index is 14.6. The molecule has 0 saturated heterocycles. The summed E-state index contributed by atoms with van der Waals surface area (Å²) in [5.74, 6) is -12.8. The van der Waals surface area contributed by atoms with Crippen molar-refractivity contribution < 1.29 is 65.4 Å². The molecule has 0 heterocycles. The van der Waals surface area contributed by atoms with Crippen molar-refractivity contribution in [1.82, 2.24) is 0 Å². The van der Waals surface area contributed by atoms with Gasteiger partial charge in [0.05, 0.1) is 0 Å². The minimum atomic E-state index is -7.13. The van der Waals surface area contributed by atoms with Crippen LogP contribution in [0.25, 0.3) is 0 Å². The Morgan fingerprint density at radius 2 is 0.889 bits per heavy atom. The normalized spacial score (nSPS) is 17.6. The maximum Gasteiger partial charge on any atom is 0.473 e. The van der Waals surface area contributed by atoms with Crippen molar-refractivity contribution in [1.29, 1.82) is 0 Å². The molecular formula is C17H31F11O4Si4. The Morgan fingerprint density at radius 1 is 0.556 bits per heavy atom. The van der Waals surface area contributed by atoms with Gasteiger partial charge in [0, 0.05) is 6.04 Å². The third-order valence-electron chi connectivity index (χ3n) is 3.47. The summed E-state index contributed by atoms with van der Waals surface area (Å²) in [5, 5.41) is 0. The lowest BCUT2D eigenvalue weighted by Gasteiger charge is -2.42. The second-order valence-corrected chi connectivity index (χ2v) is 27.7. The van der Waals surface area contributed by atoms with Crippen LogP contribution in [0, 0.1) is 0 Å². The van der Waals surface area contributed by atoms with E-state index in [1.54, 1.807) is 58.9 Å². The SMILES string of the molecule is C[Si](C)(C)O[Si](C/C=C/C(F)(OC(F)(F)C(F)(F)C(F)(F)F)C(F)(F)F)(O[Si](C)(C)C)O[Si](C)(C)C. The number of hydrogen-bond donors (Lipinski definition) is 0. The number of hydrogen-bond acceptors (Lipinski definition) is 4. The Hall–Kier alpha value is -0.322. The molecule has 1 atom stereocenters. The summed E-state index contributed by atoms with van der Waals surface area (Å²) in [4.78, 5) is 0. The van der Waals surface area contributed by atoms with Crippen molar-refractivity contribution in [2.45, 2.75) is 95.2 Å². The van der Waals surface area contributed by atoms with Crippen LogP contribution in [0.4, 0.5) is 48.3 Å². The largest absolute Gasteiger partial charge is 0.473 e. The Morgan fingerprint density at radius 3 is 1.14 bits per heavy atom. The van der Waals surface area contributed by atoms with Crippen LogP contribution in [0.15, 0.2) is 12.2 Å². The van der Waals surface area contributed by atoms with Crippen LogP contribution in [0.1, 0.15) is 0 Å². The van der Waals surface area contributed by atoms with Gasteiger partial charge in [-0.25, -0.2) is 0 Å². The predicted octanol–water partition coefficient (Wildman–Crippen LogP) is 8.07. The first-order chi connectivity index (χ1) is 15.3. The molecule has 36 heavy (non-hydrogen) atoms. The highest BCUT2D eigenvalue weighted by Crippen LogP contribution is 2.51. The van der Waals surface area contributed by atoms with E-state index in [1.807, 2.05) is 0 Å². The predicted molar refractivity (Wildman–Crippen MR) is 120 cm³/mol. The topological polar surface area (TPSA) is 36.9 Å². The van der Waals surface area contributed by atoms with Gasteiger partial charge in [-0.1, -0.05) is 6.08 Å². The van der Waals surface area contributed by atoms with Crippen LogP contribution in [-0.2, 0) is 17.1 Å². The minimum Gasteiger partial charge on any atom is -0.417 e. The standard InChI is InChI=1S/C17H31F11O4Si4/c1-33(2,3)30-36(31-34(4,5)6,32-35(7,8)9)12-10-11-13(18,15(21,22)23)29-17(27,28)14(19,20)16(24,25)26/h10-11H,12H2,1-9H3/b11-10+. The molecule has 0 radical (unpaired) electrons. The molecule has 0 aliphatic heterocycles. The lowest BCUT2D eigenvalue weighted by atomic mass is 10.2. The van der Waals surface area contributed by atoms with Gasteiger partial charge in [-0.3, -0.25) is 4.74 Å². The van der Waals surface area contributed by atoms with Gasteiger partial charge in [0.1, 0.15) is 0 Å². The summed E-state index contributed by atoms with van der Waals surface area (Å²) in [6.07, 6.45) is -20.8. The van der Waals surface area contributed by atoms with Gasteiger partial charge in [-0.15, -0.1) is 0 Å². The fraction of sp³-hybridized carbons (Fsp3) is 0.882. The number of allylic oxidation sites excluding steroid dienone is 1. The second kappa shape index (κ2) is 10.7. The van der Waals surface area contributed by atoms with E-state index in [2.05, 4.69) is 4.74 Å². The number of halogens is 11. The zero-order valence-electron chi connectivity index (χ0n) is 21.2. The first-order valence-electron chi connectivity index (χ1n) is 10.3. The molecule has 0 aromatic heterocycles. The van der Waals surface area contributed by atoms with Gasteiger partial charge >= 0.3 is 39.0 Å². The van der Waals surface area contributed by atoms with Crippen molar-refractivity contribution in [3.63, 3.8) is 0 Å². The second-order valence-electron chi connectivity index (χ2n) is 10.8. The van der Waals surface area contributed by atoms with E-state index >= 15 is 0 Å². The molecule has 19 heteroatoms. The highest BCUT2D eigenvalue weighted by molar-refractivity contribution is 6.90. The molecule has 4 nitrogen and oxygen atoms in total. The van der Waals surface area contributed by atoms with Crippen molar-refractivity contribution in [2.24, 2.45) is 0 Å². The van der Waals surface area contributed by atoms with Gasteiger partial charge in [0.25, 0.3) is 0 Å². The summed E-state index contributed by atoms with van der Waals surface area (Å²) >= 11 is 0. The van der Waals surface area contributed by atoms with E-state index in [9.17, 15) is 48.3 Å². The number of rotatable bonds is 12. The Bertz CT molecular complexity index is 728. The van der Waals surface area contributed by atoms with Crippen LogP contribution in [0.2, 0.25) is 65.0 Å². The van der Waals surface area contributed by atoms with Gasteiger partial charge in [0.2, 0.25) is 0 Å². The highest BCUT2D eigenvalue weighted by Gasteiger charge is 2.78. The number of alkyl halides is 11. The molecule has 0 saturated carbocycles. The van der Waals surface area contributed by atoms with Gasteiger partial charge < -0.3 is 12.3 Å². The maximum atomic E-state index is 14.6. The van der Waals surface area contributed by atoms with Gasteiger partial charge in [0.15, 0.2) is 25.0 Å². The summed E-state index contributed by atoms with van der Waals surface area (Å²) < 4.78 is 165. The first-order valence-corrected chi connectivity index (χ1v) is 22.5. The van der Waals surface area contributed by atoms with Crippen LogP contribution >= 0.6 is 0 Å². The van der Waals surface area contributed by atoms with E-state index < -0.39 is 76.1 Å². The smallest absolute Gasteiger partial charge is 0.417 e. The first kappa shape index (κ1) is 35.7. The molecule has 0 aliphatic carbocycles. The molecule has 0 aromatic carbocycles. The highest BCUT2D eigenvalue weighted by atomic mass is 28.5. The third kappa shape index (κ3) is 10.4. The van der Waals surface area contributed by atoms with Crippen molar-refractivity contribution >= 4 is 33.8 Å². The van der Waals surface area contributed by atoms with Gasteiger partial charge in [-0.2, -0.15) is 48.3 Å². The molecule has 1 unspecified atom stereocenters. The molecule has 0 fully saturated rings. The monoisotopic (exact) mass is 620 g/mol. The minimum absolute atomic E-state index is 0.294. The quantitative estimate of drug-likeness (QED) is 0.126. The van der Waals surface area contributed by atoms with Crippen molar-refractivity contribution in [3.05, 3.63) is 12.2 Å². The summed E-state index contributed by atoms with van der Waals surface area (Å²) in [6, 6.07) is -0.724. The molecule has 0 N–H and O–H groups in total. The van der Waals surface area contributed by atoms with Crippen LogP contribution in [0.3, 0.4) is 0 Å². The number of ether oxygens (including phenoxy) is 1. The molecule has 0 amide bonds. The molecule has 0 rings (SSSR count). The van der Waals surface area contributed by atoms with Crippen molar-refractivity contribution in [3.8, 4) is 0 Å². The lowest BCUT2D eigenvalue weighted by molar-refractivity contribution is -0.473. The van der Waals surface area contributed by atoms with Crippen molar-refractivity contribution in [2.75, 3.05) is 0 Å². The average Bonchev–Trinajstić information content (AvgIpc) is 2.46. The summed E-state index contributed by atoms with van der Waals surface area (Å²) in [6.45, 7) is 15.2. The van der Waals surface area contributed by atoms with E-state index in [4.69, 9.17) is 12.3 Å². The summed E-state index contributed by atoms with van der Waals surface area (Å²) in [5.41, 5.74) is 0. The van der Waals surface area contributed by atoms with E-state index in [1.165, 1.54) is 0 Å². The van der Waals surface area contributed by atoms with Crippen LogP contribution in [-0.4, -0.2) is 64.0 Å². The fourth-order valence-corrected chi connectivity index (χ4v) is 16.8. The molecule has 0 spiro atoms. The molecule has 0 aliphatic rings. The Balaban J connectivity index is 6.57. The lowest BCUT2D eigenvalue weighted by Crippen LogP contribution is -2.60. The van der Waals surface area contributed by atoms with Crippen LogP contribution in [0.5, 0.6) is 0 Å². The zero-order valence-corrected chi connectivity index (χ0v) is 25.2. The summed E-state index contributed by atoms with van der Waals surface area (Å²) in [7, 11) is -11.7. The Labute approximate surface area is 206 Å². The zero-order chi connectivity index (χ0) is 29.4. The van der Waals surface area contributed by atoms with E-state index in [0.29, 0.717) is 6.08 Å². The molecule has 216 valence electrons.